The lowest BCUT2D eigenvalue weighted by molar-refractivity contribution is -0.385. The van der Waals surface area contributed by atoms with Crippen LogP contribution in [0.1, 0.15) is 11.1 Å². The molecule has 1 N–H and O–H groups in total. The summed E-state index contributed by atoms with van der Waals surface area (Å²) in [5, 5.41) is 16.5. The second-order valence-corrected chi connectivity index (χ2v) is 7.17. The van der Waals surface area contributed by atoms with Gasteiger partial charge in [-0.25, -0.2) is 15.4 Å². The summed E-state index contributed by atoms with van der Waals surface area (Å²) in [7, 11) is 0. The first kappa shape index (κ1) is 19.4. The predicted molar refractivity (Wildman–Crippen MR) is 120 cm³/mol. The van der Waals surface area contributed by atoms with E-state index in [1.165, 1.54) is 18.3 Å². The van der Waals surface area contributed by atoms with Crippen molar-refractivity contribution in [1.29, 1.82) is 0 Å². The van der Waals surface area contributed by atoms with Crippen molar-refractivity contribution in [2.75, 3.05) is 12.2 Å². The average Bonchev–Trinajstić information content (AvgIpc) is 3.26. The van der Waals surface area contributed by atoms with Crippen LogP contribution < -0.4 is 14.9 Å². The van der Waals surface area contributed by atoms with E-state index < -0.39 is 4.92 Å². The SMILES string of the molecule is Cc1ccc2c(-c3ccccc3)nc(N/N=C/c3cc4c(cc3[N+](=O)[O-])OCO4)nc2c1. The number of aromatic nitrogens is 2. The Hall–Kier alpha value is -4.53. The van der Waals surface area contributed by atoms with E-state index in [4.69, 9.17) is 9.47 Å². The molecule has 4 aromatic rings. The maximum Gasteiger partial charge on any atom is 0.282 e. The number of anilines is 1. The number of nitrogens with zero attached hydrogens (tertiary/aromatic N) is 4. The van der Waals surface area contributed by atoms with Crippen LogP contribution in [0.4, 0.5) is 11.6 Å². The summed E-state index contributed by atoms with van der Waals surface area (Å²) in [4.78, 5) is 20.1. The molecule has 1 aliphatic heterocycles. The van der Waals surface area contributed by atoms with Gasteiger partial charge in [0.2, 0.25) is 12.7 Å². The molecule has 2 heterocycles. The van der Waals surface area contributed by atoms with Crippen LogP contribution in [-0.2, 0) is 0 Å². The highest BCUT2D eigenvalue weighted by atomic mass is 16.7. The highest BCUT2D eigenvalue weighted by Crippen LogP contribution is 2.37. The average molecular weight is 427 g/mol. The van der Waals surface area contributed by atoms with Crippen molar-refractivity contribution < 1.29 is 14.4 Å². The van der Waals surface area contributed by atoms with E-state index in [9.17, 15) is 10.1 Å². The Bertz CT molecular complexity index is 1370. The first-order valence-electron chi connectivity index (χ1n) is 9.79. The fourth-order valence-electron chi connectivity index (χ4n) is 3.47. The quantitative estimate of drug-likeness (QED) is 0.279. The third kappa shape index (κ3) is 3.67. The largest absolute Gasteiger partial charge is 0.454 e. The summed E-state index contributed by atoms with van der Waals surface area (Å²) in [5.41, 5.74) is 6.48. The lowest BCUT2D eigenvalue weighted by atomic mass is 10.1. The van der Waals surface area contributed by atoms with Gasteiger partial charge in [-0.3, -0.25) is 10.1 Å². The lowest BCUT2D eigenvalue weighted by Gasteiger charge is -2.09. The molecule has 1 aromatic heterocycles. The number of nitro benzene ring substituents is 1. The molecular weight excluding hydrogens is 410 g/mol. The number of nitrogens with one attached hydrogen (secondary N) is 1. The maximum absolute atomic E-state index is 11.4. The molecule has 0 fully saturated rings. The molecule has 0 saturated carbocycles. The smallest absolute Gasteiger partial charge is 0.282 e. The van der Waals surface area contributed by atoms with E-state index in [0.29, 0.717) is 11.5 Å². The van der Waals surface area contributed by atoms with Crippen molar-refractivity contribution in [3.8, 4) is 22.8 Å². The van der Waals surface area contributed by atoms with E-state index in [1.54, 1.807) is 0 Å². The molecule has 0 radical (unpaired) electrons. The van der Waals surface area contributed by atoms with E-state index in [-0.39, 0.29) is 24.0 Å². The van der Waals surface area contributed by atoms with Crippen LogP contribution in [0.25, 0.3) is 22.2 Å². The summed E-state index contributed by atoms with van der Waals surface area (Å²) >= 11 is 0. The molecule has 0 amide bonds. The molecule has 3 aromatic carbocycles. The van der Waals surface area contributed by atoms with Crippen molar-refractivity contribution >= 4 is 28.8 Å². The maximum atomic E-state index is 11.4. The van der Waals surface area contributed by atoms with Crippen molar-refractivity contribution in [1.82, 2.24) is 9.97 Å². The Kier molecular flexibility index (Phi) is 4.83. The van der Waals surface area contributed by atoms with Crippen LogP contribution in [0.2, 0.25) is 0 Å². The first-order chi connectivity index (χ1) is 15.6. The van der Waals surface area contributed by atoms with Crippen LogP contribution in [0.5, 0.6) is 11.5 Å². The summed E-state index contributed by atoms with van der Waals surface area (Å²) in [6.07, 6.45) is 1.34. The molecule has 32 heavy (non-hydrogen) atoms. The standard InChI is InChI=1S/C23H17N5O4/c1-14-7-8-17-18(9-14)25-23(26-22(17)15-5-3-2-4-6-15)27-24-12-16-10-20-21(32-13-31-20)11-19(16)28(29)30/h2-12H,13H2,1H3,(H,25,26,27)/b24-12+. The Morgan fingerprint density at radius 3 is 2.62 bits per heavy atom. The van der Waals surface area contributed by atoms with E-state index in [1.807, 2.05) is 55.5 Å². The van der Waals surface area contributed by atoms with Gasteiger partial charge in [0.05, 0.1) is 34.0 Å². The van der Waals surface area contributed by atoms with Gasteiger partial charge >= 0.3 is 0 Å². The summed E-state index contributed by atoms with van der Waals surface area (Å²) in [6, 6.07) is 18.6. The van der Waals surface area contributed by atoms with Gasteiger partial charge in [-0.2, -0.15) is 5.10 Å². The fraction of sp³-hybridized carbons (Fsp3) is 0.0870. The molecule has 0 spiro atoms. The zero-order valence-corrected chi connectivity index (χ0v) is 17.0. The molecule has 158 valence electrons. The van der Waals surface area contributed by atoms with Crippen LogP contribution in [0, 0.1) is 17.0 Å². The van der Waals surface area contributed by atoms with Crippen molar-refractivity contribution in [2.45, 2.75) is 6.92 Å². The molecule has 5 rings (SSSR count). The molecular formula is C23H17N5O4. The molecule has 9 heteroatoms. The van der Waals surface area contributed by atoms with Crippen molar-refractivity contribution in [2.24, 2.45) is 5.10 Å². The Morgan fingerprint density at radius 1 is 1.06 bits per heavy atom. The minimum absolute atomic E-state index is 0.0257. The molecule has 0 saturated heterocycles. The highest BCUT2D eigenvalue weighted by molar-refractivity contribution is 5.93. The zero-order valence-electron chi connectivity index (χ0n) is 17.0. The number of benzene rings is 3. The van der Waals surface area contributed by atoms with Gasteiger partial charge in [0.1, 0.15) is 0 Å². The van der Waals surface area contributed by atoms with Crippen LogP contribution in [-0.4, -0.2) is 27.9 Å². The van der Waals surface area contributed by atoms with Crippen LogP contribution >= 0.6 is 0 Å². The van der Waals surface area contributed by atoms with E-state index in [0.717, 1.165) is 27.7 Å². The molecule has 9 nitrogen and oxygen atoms in total. The van der Waals surface area contributed by atoms with Crippen molar-refractivity contribution in [3.63, 3.8) is 0 Å². The monoisotopic (exact) mass is 427 g/mol. The van der Waals surface area contributed by atoms with Crippen LogP contribution in [0.15, 0.2) is 65.8 Å². The first-order valence-corrected chi connectivity index (χ1v) is 9.79. The molecule has 1 aliphatic rings. The van der Waals surface area contributed by atoms with Gasteiger partial charge in [-0.15, -0.1) is 0 Å². The minimum atomic E-state index is -0.494. The second-order valence-electron chi connectivity index (χ2n) is 7.17. The van der Waals surface area contributed by atoms with Gasteiger partial charge in [-0.05, 0) is 24.6 Å². The second kappa shape index (κ2) is 7.95. The Balaban J connectivity index is 1.51. The van der Waals surface area contributed by atoms with Crippen LogP contribution in [0.3, 0.4) is 0 Å². The fourth-order valence-corrected chi connectivity index (χ4v) is 3.47. The highest BCUT2D eigenvalue weighted by Gasteiger charge is 2.22. The summed E-state index contributed by atoms with van der Waals surface area (Å²) < 4.78 is 10.5. The molecule has 0 aliphatic carbocycles. The predicted octanol–water partition coefficient (Wildman–Crippen LogP) is 4.69. The normalized spacial score (nSPS) is 12.4. The topological polar surface area (TPSA) is 112 Å². The van der Waals surface area contributed by atoms with E-state index >= 15 is 0 Å². The number of rotatable bonds is 5. The molecule has 0 unspecified atom stereocenters. The van der Waals surface area contributed by atoms with Gasteiger partial charge in [0.25, 0.3) is 5.69 Å². The number of aryl methyl sites for hydroxylation is 1. The minimum Gasteiger partial charge on any atom is -0.454 e. The third-order valence-corrected chi connectivity index (χ3v) is 4.99. The summed E-state index contributed by atoms with van der Waals surface area (Å²) in [5.74, 6) is 1.05. The Labute approximate surface area is 182 Å². The number of fused-ring (bicyclic) bond motifs is 2. The number of hydrazone groups is 1. The van der Waals surface area contributed by atoms with Gasteiger partial charge < -0.3 is 9.47 Å². The number of nitro groups is 1. The molecule has 0 bridgehead atoms. The zero-order chi connectivity index (χ0) is 22.1. The van der Waals surface area contributed by atoms with Gasteiger partial charge in [-0.1, -0.05) is 42.5 Å². The molecule has 0 atom stereocenters. The van der Waals surface area contributed by atoms with Gasteiger partial charge in [0.15, 0.2) is 11.5 Å². The lowest BCUT2D eigenvalue weighted by Crippen LogP contribution is -2.01. The third-order valence-electron chi connectivity index (χ3n) is 4.99. The number of hydrogen-bond donors (Lipinski definition) is 1. The van der Waals surface area contributed by atoms with Gasteiger partial charge in [0, 0.05) is 10.9 Å². The number of hydrogen-bond acceptors (Lipinski definition) is 8. The Morgan fingerprint density at radius 2 is 1.84 bits per heavy atom. The van der Waals surface area contributed by atoms with E-state index in [2.05, 4.69) is 20.5 Å². The van der Waals surface area contributed by atoms with Crippen molar-refractivity contribution in [3.05, 3.63) is 81.9 Å². The number of ether oxygens (including phenoxy) is 2. The summed E-state index contributed by atoms with van der Waals surface area (Å²) in [6.45, 7) is 2.02.